The lowest BCUT2D eigenvalue weighted by atomic mass is 10.0. The van der Waals surface area contributed by atoms with Crippen molar-refractivity contribution in [2.45, 2.75) is 25.9 Å². The Kier molecular flexibility index (Phi) is 3.39. The van der Waals surface area contributed by atoms with E-state index in [9.17, 15) is 5.11 Å². The van der Waals surface area contributed by atoms with Crippen molar-refractivity contribution in [3.05, 3.63) is 21.8 Å². The topological polar surface area (TPSA) is 46.0 Å². The molecule has 0 spiro atoms. The second-order valence-electron chi connectivity index (χ2n) is 2.79. The first-order valence-corrected chi connectivity index (χ1v) is 4.84. The summed E-state index contributed by atoms with van der Waals surface area (Å²) in [7, 11) is 0. The van der Waals surface area contributed by atoms with Crippen LogP contribution in [0.15, 0.2) is 12.5 Å². The molecule has 1 heterocycles. The number of hydrogen-bond donors (Lipinski definition) is 1. The Balaban J connectivity index is 2.94. The summed E-state index contributed by atoms with van der Waals surface area (Å²) in [6, 6.07) is 0. The number of hydrogen-bond acceptors (Lipinski definition) is 3. The fourth-order valence-corrected chi connectivity index (χ4v) is 1.68. The molecule has 0 fully saturated rings. The monoisotopic (exact) mass is 278 g/mol. The van der Waals surface area contributed by atoms with Gasteiger partial charge in [-0.1, -0.05) is 6.92 Å². The van der Waals surface area contributed by atoms with Crippen LogP contribution in [0.2, 0.25) is 0 Å². The predicted molar refractivity (Wildman–Crippen MR) is 54.8 cm³/mol. The Hall–Kier alpha value is -0.230. The number of nitrogens with zero attached hydrogens (tertiary/aromatic N) is 2. The van der Waals surface area contributed by atoms with Crippen LogP contribution in [0.3, 0.4) is 0 Å². The normalized spacial score (nSPS) is 15.7. The van der Waals surface area contributed by atoms with E-state index in [4.69, 9.17) is 0 Å². The second-order valence-corrected chi connectivity index (χ2v) is 3.95. The molecule has 0 aliphatic carbocycles. The van der Waals surface area contributed by atoms with Crippen LogP contribution >= 0.6 is 22.6 Å². The lowest BCUT2D eigenvalue weighted by molar-refractivity contribution is 0.167. The van der Waals surface area contributed by atoms with E-state index in [1.165, 1.54) is 6.33 Å². The summed E-state index contributed by atoms with van der Waals surface area (Å²) in [6.07, 6.45) is 2.89. The molecule has 1 aromatic rings. The molecule has 3 nitrogen and oxygen atoms in total. The van der Waals surface area contributed by atoms with E-state index in [1.54, 1.807) is 13.1 Å². The predicted octanol–water partition coefficient (Wildman–Crippen LogP) is 1.57. The smallest absolute Gasteiger partial charge is 0.115 e. The zero-order valence-corrected chi connectivity index (χ0v) is 9.19. The number of aliphatic hydroxyl groups is 1. The van der Waals surface area contributed by atoms with Crippen LogP contribution in [0, 0.1) is 3.57 Å². The number of aromatic nitrogens is 2. The van der Waals surface area contributed by atoms with Crippen molar-refractivity contribution in [2.24, 2.45) is 0 Å². The van der Waals surface area contributed by atoms with Gasteiger partial charge in [0.1, 0.15) is 6.33 Å². The van der Waals surface area contributed by atoms with Crippen molar-refractivity contribution in [3.63, 3.8) is 0 Å². The van der Waals surface area contributed by atoms with Gasteiger partial charge in [-0.05, 0) is 29.5 Å². The Morgan fingerprint density at radius 3 is 2.67 bits per heavy atom. The summed E-state index contributed by atoms with van der Waals surface area (Å²) in [5.41, 5.74) is 0.917. The van der Waals surface area contributed by atoms with Gasteiger partial charge in [-0.2, -0.15) is 0 Å². The summed E-state index contributed by atoms with van der Waals surface area (Å²) in [5, 5.41) is 9.34. The molecule has 0 aliphatic heterocycles. The van der Waals surface area contributed by atoms with Gasteiger partial charge in [0.15, 0.2) is 0 Å². The fourth-order valence-electron chi connectivity index (χ4n) is 0.886. The molecule has 12 heavy (non-hydrogen) atoms. The molecule has 0 saturated heterocycles. The van der Waals surface area contributed by atoms with E-state index in [0.717, 1.165) is 9.26 Å². The van der Waals surface area contributed by atoms with Crippen LogP contribution in [0.4, 0.5) is 0 Å². The molecule has 0 amide bonds. The van der Waals surface area contributed by atoms with Crippen molar-refractivity contribution in [2.75, 3.05) is 0 Å². The van der Waals surface area contributed by atoms with Crippen LogP contribution in [0.1, 0.15) is 25.5 Å². The molecule has 66 valence electrons. The van der Waals surface area contributed by atoms with E-state index >= 15 is 0 Å². The lowest BCUT2D eigenvalue weighted by Gasteiger charge is -2.14. The second kappa shape index (κ2) is 4.13. The third-order valence-electron chi connectivity index (χ3n) is 1.85. The van der Waals surface area contributed by atoms with Crippen molar-refractivity contribution in [3.8, 4) is 0 Å². The highest BCUT2D eigenvalue weighted by atomic mass is 127. The quantitative estimate of drug-likeness (QED) is 0.835. The lowest BCUT2D eigenvalue weighted by Crippen LogP contribution is -2.13. The van der Waals surface area contributed by atoms with E-state index in [1.807, 2.05) is 6.92 Å². The van der Waals surface area contributed by atoms with Gasteiger partial charge in [-0.3, -0.25) is 0 Å². The summed E-state index contributed by atoms with van der Waals surface area (Å²) in [6.45, 7) is 3.72. The van der Waals surface area contributed by atoms with E-state index in [2.05, 4.69) is 32.6 Å². The van der Waals surface area contributed by atoms with Crippen molar-refractivity contribution < 1.29 is 5.11 Å². The zero-order chi connectivity index (χ0) is 9.14. The molecule has 0 aliphatic rings. The molecule has 2 unspecified atom stereocenters. The molecule has 1 N–H and O–H groups in total. The van der Waals surface area contributed by atoms with Crippen molar-refractivity contribution in [1.82, 2.24) is 9.97 Å². The molecular formula is C8H11IN2O. The molecular weight excluding hydrogens is 267 g/mol. The van der Waals surface area contributed by atoms with E-state index in [0.29, 0.717) is 0 Å². The standard InChI is InChI=1S/C8H11IN2O/c1-5(6(2)12)8-7(9)3-10-4-11-8/h3-6,12H,1-2H3. The van der Waals surface area contributed by atoms with Crippen molar-refractivity contribution in [1.29, 1.82) is 0 Å². The van der Waals surface area contributed by atoms with E-state index < -0.39 is 0 Å². The van der Waals surface area contributed by atoms with Crippen LogP contribution in [-0.4, -0.2) is 21.2 Å². The minimum absolute atomic E-state index is 0.0694. The first-order valence-electron chi connectivity index (χ1n) is 3.76. The number of halogens is 1. The first kappa shape index (κ1) is 9.85. The minimum atomic E-state index is -0.367. The molecule has 0 bridgehead atoms. The fraction of sp³-hybridized carbons (Fsp3) is 0.500. The maximum atomic E-state index is 9.34. The molecule has 1 rings (SSSR count). The maximum absolute atomic E-state index is 9.34. The molecule has 0 radical (unpaired) electrons. The number of rotatable bonds is 2. The van der Waals surface area contributed by atoms with Gasteiger partial charge in [0.05, 0.1) is 15.4 Å². The Morgan fingerprint density at radius 1 is 1.50 bits per heavy atom. The largest absolute Gasteiger partial charge is 0.393 e. The molecule has 0 aromatic carbocycles. The Morgan fingerprint density at radius 2 is 2.17 bits per heavy atom. The van der Waals surface area contributed by atoms with Crippen LogP contribution in [-0.2, 0) is 0 Å². The highest BCUT2D eigenvalue weighted by molar-refractivity contribution is 14.1. The van der Waals surface area contributed by atoms with Gasteiger partial charge in [0.2, 0.25) is 0 Å². The number of aliphatic hydroxyl groups excluding tert-OH is 1. The summed E-state index contributed by atoms with van der Waals surface area (Å²) in [4.78, 5) is 8.01. The SMILES string of the molecule is CC(O)C(C)c1ncncc1I. The van der Waals surface area contributed by atoms with Crippen LogP contribution in [0.5, 0.6) is 0 Å². The molecule has 4 heteroatoms. The highest BCUT2D eigenvalue weighted by Gasteiger charge is 2.15. The zero-order valence-electron chi connectivity index (χ0n) is 7.03. The maximum Gasteiger partial charge on any atom is 0.115 e. The molecule has 1 aromatic heterocycles. The first-order chi connectivity index (χ1) is 5.63. The van der Waals surface area contributed by atoms with E-state index in [-0.39, 0.29) is 12.0 Å². The Bertz CT molecular complexity index is 265. The van der Waals surface area contributed by atoms with Gasteiger partial charge >= 0.3 is 0 Å². The van der Waals surface area contributed by atoms with Crippen LogP contribution < -0.4 is 0 Å². The van der Waals surface area contributed by atoms with Gasteiger partial charge in [0, 0.05) is 12.1 Å². The van der Waals surface area contributed by atoms with Gasteiger partial charge in [-0.15, -0.1) is 0 Å². The van der Waals surface area contributed by atoms with Crippen molar-refractivity contribution >= 4 is 22.6 Å². The van der Waals surface area contributed by atoms with Gasteiger partial charge in [0.25, 0.3) is 0 Å². The average molecular weight is 278 g/mol. The highest BCUT2D eigenvalue weighted by Crippen LogP contribution is 2.20. The summed E-state index contributed by atoms with van der Waals surface area (Å²) >= 11 is 2.17. The third kappa shape index (κ3) is 2.13. The van der Waals surface area contributed by atoms with Crippen LogP contribution in [0.25, 0.3) is 0 Å². The Labute approximate surface area is 85.4 Å². The third-order valence-corrected chi connectivity index (χ3v) is 2.68. The average Bonchev–Trinajstić information content (AvgIpc) is 2.04. The minimum Gasteiger partial charge on any atom is -0.393 e. The molecule has 2 atom stereocenters. The summed E-state index contributed by atoms with van der Waals surface area (Å²) in [5.74, 6) is 0.0694. The van der Waals surface area contributed by atoms with Gasteiger partial charge in [-0.25, -0.2) is 9.97 Å². The van der Waals surface area contributed by atoms with Gasteiger partial charge < -0.3 is 5.11 Å². The molecule has 0 saturated carbocycles. The summed E-state index contributed by atoms with van der Waals surface area (Å²) < 4.78 is 1.00.